The van der Waals surface area contributed by atoms with Gasteiger partial charge in [-0.25, -0.2) is 0 Å². The Morgan fingerprint density at radius 1 is 1.11 bits per heavy atom. The van der Waals surface area contributed by atoms with Crippen LogP contribution in [0.15, 0.2) is 36.4 Å². The molecule has 2 aromatic carbocycles. The Kier molecular flexibility index (Phi) is 4.13. The van der Waals surface area contributed by atoms with E-state index in [2.05, 4.69) is 0 Å². The largest absolute Gasteiger partial charge is 0.496 e. The molecule has 0 aliphatic carbocycles. The highest BCUT2D eigenvalue weighted by atomic mass is 35.5. The topological polar surface area (TPSA) is 35.2 Å². The second-order valence-electron chi connectivity index (χ2n) is 4.73. The van der Waals surface area contributed by atoms with Crippen LogP contribution in [0.2, 0.25) is 5.02 Å². The first-order valence-corrected chi connectivity index (χ1v) is 6.57. The monoisotopic (exact) mass is 275 g/mol. The summed E-state index contributed by atoms with van der Waals surface area (Å²) in [5, 5.41) is 0.709. The lowest BCUT2D eigenvalue weighted by Gasteiger charge is -2.16. The molecule has 1 unspecified atom stereocenters. The first-order chi connectivity index (χ1) is 9.02. The molecule has 19 heavy (non-hydrogen) atoms. The van der Waals surface area contributed by atoms with Crippen LogP contribution < -0.4 is 10.5 Å². The average molecular weight is 276 g/mol. The average Bonchev–Trinajstić information content (AvgIpc) is 2.38. The van der Waals surface area contributed by atoms with Crippen molar-refractivity contribution in [3.8, 4) is 5.75 Å². The lowest BCUT2D eigenvalue weighted by molar-refractivity contribution is 0.411. The van der Waals surface area contributed by atoms with Crippen LogP contribution in [0.3, 0.4) is 0 Å². The van der Waals surface area contributed by atoms with Gasteiger partial charge in [-0.2, -0.15) is 0 Å². The number of hydrogen-bond donors (Lipinski definition) is 1. The van der Waals surface area contributed by atoms with E-state index < -0.39 is 0 Å². The number of benzene rings is 2. The second-order valence-corrected chi connectivity index (χ2v) is 5.14. The predicted molar refractivity (Wildman–Crippen MR) is 80.0 cm³/mol. The molecule has 0 aliphatic heterocycles. The van der Waals surface area contributed by atoms with Gasteiger partial charge in [0, 0.05) is 5.02 Å². The molecule has 100 valence electrons. The molecule has 0 saturated carbocycles. The van der Waals surface area contributed by atoms with Gasteiger partial charge in [0.2, 0.25) is 0 Å². The zero-order valence-corrected chi connectivity index (χ0v) is 12.2. The molecule has 0 fully saturated rings. The molecule has 0 bridgehead atoms. The molecule has 2 nitrogen and oxygen atoms in total. The Labute approximate surface area is 119 Å². The minimum absolute atomic E-state index is 0.224. The van der Waals surface area contributed by atoms with Crippen LogP contribution in [0.4, 0.5) is 0 Å². The van der Waals surface area contributed by atoms with E-state index in [9.17, 15) is 0 Å². The molecule has 0 heterocycles. The van der Waals surface area contributed by atoms with E-state index >= 15 is 0 Å². The number of methoxy groups -OCH3 is 1. The highest BCUT2D eigenvalue weighted by molar-refractivity contribution is 6.31. The van der Waals surface area contributed by atoms with Gasteiger partial charge >= 0.3 is 0 Å². The van der Waals surface area contributed by atoms with Crippen molar-refractivity contribution in [2.24, 2.45) is 5.73 Å². The van der Waals surface area contributed by atoms with Gasteiger partial charge in [-0.1, -0.05) is 35.9 Å². The van der Waals surface area contributed by atoms with Crippen molar-refractivity contribution < 1.29 is 4.74 Å². The molecular weight excluding hydrogens is 258 g/mol. The second kappa shape index (κ2) is 5.64. The molecule has 2 N–H and O–H groups in total. The minimum Gasteiger partial charge on any atom is -0.496 e. The maximum Gasteiger partial charge on any atom is 0.121 e. The maximum atomic E-state index is 6.30. The Hall–Kier alpha value is -1.51. The van der Waals surface area contributed by atoms with Crippen LogP contribution in [-0.4, -0.2) is 7.11 Å². The maximum absolute atomic E-state index is 6.30. The van der Waals surface area contributed by atoms with E-state index in [-0.39, 0.29) is 6.04 Å². The van der Waals surface area contributed by atoms with Gasteiger partial charge in [-0.15, -0.1) is 0 Å². The van der Waals surface area contributed by atoms with Crippen molar-refractivity contribution in [2.45, 2.75) is 19.9 Å². The van der Waals surface area contributed by atoms with Crippen LogP contribution in [0.1, 0.15) is 28.3 Å². The van der Waals surface area contributed by atoms with E-state index in [4.69, 9.17) is 22.1 Å². The standard InChI is InChI=1S/C16H18ClNO/c1-10-4-6-13(14(17)8-10)16(18)12-5-7-15(19-3)11(2)9-12/h4-9,16H,18H2,1-3H3. The van der Waals surface area contributed by atoms with E-state index in [1.165, 1.54) is 0 Å². The number of halogens is 1. The lowest BCUT2D eigenvalue weighted by atomic mass is 9.97. The van der Waals surface area contributed by atoms with E-state index in [0.29, 0.717) is 5.02 Å². The van der Waals surface area contributed by atoms with Gasteiger partial charge in [-0.3, -0.25) is 0 Å². The zero-order valence-electron chi connectivity index (χ0n) is 11.4. The fourth-order valence-electron chi connectivity index (χ4n) is 2.16. The van der Waals surface area contributed by atoms with Gasteiger partial charge in [0.05, 0.1) is 13.2 Å². The fraction of sp³-hybridized carbons (Fsp3) is 0.250. The summed E-state index contributed by atoms with van der Waals surface area (Å²) in [6, 6.07) is 11.7. The summed E-state index contributed by atoms with van der Waals surface area (Å²) in [7, 11) is 1.67. The Morgan fingerprint density at radius 3 is 2.42 bits per heavy atom. The molecule has 0 saturated heterocycles. The number of rotatable bonds is 3. The van der Waals surface area contributed by atoms with Gasteiger partial charge in [0.15, 0.2) is 0 Å². The summed E-state index contributed by atoms with van der Waals surface area (Å²) < 4.78 is 5.26. The van der Waals surface area contributed by atoms with Gasteiger partial charge in [0.25, 0.3) is 0 Å². The normalized spacial score (nSPS) is 12.3. The first kappa shape index (κ1) is 13.9. The Bertz CT molecular complexity index is 595. The fourth-order valence-corrected chi connectivity index (χ4v) is 2.51. The van der Waals surface area contributed by atoms with Crippen molar-refractivity contribution in [1.29, 1.82) is 0 Å². The third-order valence-electron chi connectivity index (χ3n) is 3.27. The third-order valence-corrected chi connectivity index (χ3v) is 3.60. The van der Waals surface area contributed by atoms with Crippen LogP contribution >= 0.6 is 11.6 Å². The summed E-state index contributed by atoms with van der Waals surface area (Å²) in [5.41, 5.74) is 10.5. The molecule has 0 aromatic heterocycles. The Balaban J connectivity index is 2.38. The number of hydrogen-bond acceptors (Lipinski definition) is 2. The smallest absolute Gasteiger partial charge is 0.121 e. The summed E-state index contributed by atoms with van der Waals surface area (Å²) in [6.45, 7) is 4.02. The van der Waals surface area contributed by atoms with Crippen molar-refractivity contribution in [3.05, 3.63) is 63.7 Å². The van der Waals surface area contributed by atoms with Gasteiger partial charge in [0.1, 0.15) is 5.75 Å². The van der Waals surface area contributed by atoms with E-state index in [1.54, 1.807) is 7.11 Å². The molecule has 2 rings (SSSR count). The molecule has 0 amide bonds. The summed E-state index contributed by atoms with van der Waals surface area (Å²) >= 11 is 6.27. The van der Waals surface area contributed by atoms with Gasteiger partial charge in [-0.05, 0) is 48.2 Å². The summed E-state index contributed by atoms with van der Waals surface area (Å²) in [6.07, 6.45) is 0. The molecule has 3 heteroatoms. The van der Waals surface area contributed by atoms with Crippen LogP contribution in [-0.2, 0) is 0 Å². The minimum atomic E-state index is -0.224. The zero-order chi connectivity index (χ0) is 14.0. The molecule has 0 aliphatic rings. The molecule has 2 aromatic rings. The quantitative estimate of drug-likeness (QED) is 0.918. The lowest BCUT2D eigenvalue weighted by Crippen LogP contribution is -2.12. The third kappa shape index (κ3) is 2.91. The van der Waals surface area contributed by atoms with Crippen molar-refractivity contribution in [1.82, 2.24) is 0 Å². The highest BCUT2D eigenvalue weighted by Crippen LogP contribution is 2.29. The highest BCUT2D eigenvalue weighted by Gasteiger charge is 2.13. The molecule has 0 spiro atoms. The van der Waals surface area contributed by atoms with Crippen molar-refractivity contribution >= 4 is 11.6 Å². The molecule has 1 atom stereocenters. The van der Waals surface area contributed by atoms with Gasteiger partial charge < -0.3 is 10.5 Å². The molecular formula is C16H18ClNO. The predicted octanol–water partition coefficient (Wildman–Crippen LogP) is 4.01. The van der Waals surface area contributed by atoms with Crippen LogP contribution in [0.5, 0.6) is 5.75 Å². The van der Waals surface area contributed by atoms with Crippen LogP contribution in [0, 0.1) is 13.8 Å². The number of aryl methyl sites for hydroxylation is 2. The van der Waals surface area contributed by atoms with Crippen molar-refractivity contribution in [2.75, 3.05) is 7.11 Å². The first-order valence-electron chi connectivity index (χ1n) is 6.19. The Morgan fingerprint density at radius 2 is 1.84 bits per heavy atom. The number of nitrogens with two attached hydrogens (primary N) is 1. The van der Waals surface area contributed by atoms with Crippen molar-refractivity contribution in [3.63, 3.8) is 0 Å². The van der Waals surface area contributed by atoms with E-state index in [0.717, 1.165) is 28.0 Å². The summed E-state index contributed by atoms with van der Waals surface area (Å²) in [5.74, 6) is 0.867. The molecule has 0 radical (unpaired) electrons. The number of ether oxygens (including phenoxy) is 1. The van der Waals surface area contributed by atoms with Crippen LogP contribution in [0.25, 0.3) is 0 Å². The van der Waals surface area contributed by atoms with E-state index in [1.807, 2.05) is 50.2 Å². The summed E-state index contributed by atoms with van der Waals surface area (Å²) in [4.78, 5) is 0. The SMILES string of the molecule is COc1ccc(C(N)c2ccc(C)cc2Cl)cc1C.